The lowest BCUT2D eigenvalue weighted by Gasteiger charge is -2.15. The van der Waals surface area contributed by atoms with Gasteiger partial charge in [0.2, 0.25) is 5.91 Å². The summed E-state index contributed by atoms with van der Waals surface area (Å²) >= 11 is 0. The average Bonchev–Trinajstić information content (AvgIpc) is 3.49. The maximum Gasteiger partial charge on any atom is 0.250 e. The molecule has 1 aliphatic rings. The number of carbonyl (C=O) groups excluding carboxylic acids is 1. The van der Waals surface area contributed by atoms with Crippen molar-refractivity contribution in [2.75, 3.05) is 11.1 Å². The second-order valence-electron chi connectivity index (χ2n) is 7.38. The Hall–Kier alpha value is -3.66. The number of aromatic nitrogens is 2. The van der Waals surface area contributed by atoms with Gasteiger partial charge in [0, 0.05) is 35.9 Å². The molecule has 1 amide bonds. The van der Waals surface area contributed by atoms with Gasteiger partial charge in [0.25, 0.3) is 5.56 Å². The van der Waals surface area contributed by atoms with E-state index in [1.54, 1.807) is 29.9 Å². The summed E-state index contributed by atoms with van der Waals surface area (Å²) in [5.74, 6) is -0.240. The number of rotatable bonds is 4. The molecule has 2 heterocycles. The lowest BCUT2D eigenvalue weighted by molar-refractivity contribution is -0.117. The van der Waals surface area contributed by atoms with Crippen LogP contribution in [0.2, 0.25) is 0 Å². The summed E-state index contributed by atoms with van der Waals surface area (Å²) in [7, 11) is 1.75. The van der Waals surface area contributed by atoms with E-state index in [-0.39, 0.29) is 23.3 Å². The second-order valence-corrected chi connectivity index (χ2v) is 7.38. The lowest BCUT2D eigenvalue weighted by Crippen LogP contribution is -2.18. The predicted molar refractivity (Wildman–Crippen MR) is 112 cm³/mol. The van der Waals surface area contributed by atoms with Crippen molar-refractivity contribution in [2.24, 2.45) is 18.9 Å². The number of nitrogens with one attached hydrogen (secondary N) is 1. The highest BCUT2D eigenvalue weighted by Crippen LogP contribution is 2.38. The number of hydrogen-bond acceptors (Lipinski definition) is 5. The lowest BCUT2D eigenvalue weighted by atomic mass is 9.99. The number of aryl methyl sites for hydroxylation is 1. The van der Waals surface area contributed by atoms with E-state index < -0.39 is 0 Å². The Bertz CT molecular complexity index is 1240. The monoisotopic (exact) mass is 387 g/mol. The Morgan fingerprint density at radius 1 is 1.38 bits per heavy atom. The number of pyridine rings is 2. The van der Waals surface area contributed by atoms with Crippen molar-refractivity contribution in [3.8, 4) is 17.3 Å². The molecule has 0 spiro atoms. The highest BCUT2D eigenvalue weighted by molar-refractivity contribution is 6.00. The fraction of sp³-hybridized carbons (Fsp3) is 0.273. The molecule has 0 aliphatic heterocycles. The zero-order chi connectivity index (χ0) is 20.7. The summed E-state index contributed by atoms with van der Waals surface area (Å²) in [4.78, 5) is 28.7. The first-order valence-corrected chi connectivity index (χ1v) is 9.52. The molecule has 2 aromatic heterocycles. The van der Waals surface area contributed by atoms with Gasteiger partial charge in [-0.2, -0.15) is 5.26 Å². The quantitative estimate of drug-likeness (QED) is 0.668. The Morgan fingerprint density at radius 2 is 2.17 bits per heavy atom. The van der Waals surface area contributed by atoms with Crippen LogP contribution >= 0.6 is 0 Å². The van der Waals surface area contributed by atoms with Gasteiger partial charge >= 0.3 is 0 Å². The highest BCUT2D eigenvalue weighted by atomic mass is 16.2. The fourth-order valence-electron chi connectivity index (χ4n) is 3.69. The van der Waals surface area contributed by atoms with Gasteiger partial charge in [0.15, 0.2) is 0 Å². The molecule has 1 unspecified atom stereocenters. The van der Waals surface area contributed by atoms with Gasteiger partial charge in [0.1, 0.15) is 5.82 Å². The number of nitriles is 1. The number of nitrogens with two attached hydrogens (primary N) is 1. The maximum atomic E-state index is 12.2. The molecule has 146 valence electrons. The Kier molecular flexibility index (Phi) is 4.55. The van der Waals surface area contributed by atoms with Crippen LogP contribution in [0.25, 0.3) is 22.0 Å². The zero-order valence-corrected chi connectivity index (χ0v) is 16.3. The highest BCUT2D eigenvalue weighted by Gasteiger charge is 2.43. The molecule has 1 aliphatic carbocycles. The molecule has 3 aromatic rings. The minimum Gasteiger partial charge on any atom is -0.398 e. The molecular formula is C22H21N5O2. The van der Waals surface area contributed by atoms with Crippen LogP contribution in [0.5, 0.6) is 0 Å². The molecule has 29 heavy (non-hydrogen) atoms. The van der Waals surface area contributed by atoms with E-state index in [0.29, 0.717) is 17.9 Å². The standard InChI is InChI=1S/C22H21N5O2/c1-3-12-4-5-20(28)27(2)21(12)14-6-13-9-19(25-11-17(13)18(24)8-14)26-22(29)16-7-15(16)10-23/h4-6,8-9,11,15-16H,3,7,24H2,1-2H3,(H,25,26,29)/t15?,16-/m0/s1. The van der Waals surface area contributed by atoms with Crippen LogP contribution in [0.15, 0.2) is 41.3 Å². The van der Waals surface area contributed by atoms with E-state index >= 15 is 0 Å². The largest absolute Gasteiger partial charge is 0.398 e. The van der Waals surface area contributed by atoms with Crippen LogP contribution < -0.4 is 16.6 Å². The first-order valence-electron chi connectivity index (χ1n) is 9.52. The number of amides is 1. The maximum absolute atomic E-state index is 12.2. The topological polar surface area (TPSA) is 114 Å². The van der Waals surface area contributed by atoms with Gasteiger partial charge in [-0.25, -0.2) is 4.98 Å². The van der Waals surface area contributed by atoms with E-state index in [1.165, 1.54) is 0 Å². The molecule has 1 saturated carbocycles. The minimum absolute atomic E-state index is 0.0879. The Balaban J connectivity index is 1.77. The van der Waals surface area contributed by atoms with Crippen LogP contribution in [0.4, 0.5) is 11.5 Å². The van der Waals surface area contributed by atoms with Gasteiger partial charge in [-0.15, -0.1) is 0 Å². The summed E-state index contributed by atoms with van der Waals surface area (Å²) in [5.41, 5.74) is 9.44. The normalized spacial score (nSPS) is 17.7. The van der Waals surface area contributed by atoms with E-state index in [0.717, 1.165) is 34.0 Å². The molecule has 2 atom stereocenters. The summed E-state index contributed by atoms with van der Waals surface area (Å²) in [5, 5.41) is 13.3. The zero-order valence-electron chi connectivity index (χ0n) is 16.3. The van der Waals surface area contributed by atoms with E-state index in [9.17, 15) is 9.59 Å². The Labute approximate surface area is 167 Å². The number of fused-ring (bicyclic) bond motifs is 1. The molecule has 3 N–H and O–H groups in total. The molecule has 4 rings (SSSR count). The number of carbonyl (C=O) groups is 1. The van der Waals surface area contributed by atoms with Gasteiger partial charge in [-0.1, -0.05) is 13.0 Å². The summed E-state index contributed by atoms with van der Waals surface area (Å²) < 4.78 is 1.62. The number of benzene rings is 1. The third-order valence-corrected chi connectivity index (χ3v) is 5.46. The smallest absolute Gasteiger partial charge is 0.250 e. The third kappa shape index (κ3) is 3.34. The molecular weight excluding hydrogens is 366 g/mol. The number of hydrogen-bond donors (Lipinski definition) is 2. The third-order valence-electron chi connectivity index (χ3n) is 5.46. The van der Waals surface area contributed by atoms with Crippen molar-refractivity contribution in [1.82, 2.24) is 9.55 Å². The van der Waals surface area contributed by atoms with E-state index in [4.69, 9.17) is 11.0 Å². The molecule has 1 aromatic carbocycles. The summed E-state index contributed by atoms with van der Waals surface area (Å²) in [6, 6.07) is 11.1. The van der Waals surface area contributed by atoms with Crippen molar-refractivity contribution >= 4 is 28.2 Å². The van der Waals surface area contributed by atoms with Gasteiger partial charge in [-0.3, -0.25) is 9.59 Å². The Morgan fingerprint density at radius 3 is 2.86 bits per heavy atom. The summed E-state index contributed by atoms with van der Waals surface area (Å²) in [6.07, 6.45) is 3.00. The van der Waals surface area contributed by atoms with E-state index in [1.807, 2.05) is 25.1 Å². The number of anilines is 2. The SMILES string of the molecule is CCc1ccc(=O)n(C)c1-c1cc(N)c2cnc(NC(=O)[C@H]3CC3C#N)cc2c1. The molecule has 7 nitrogen and oxygen atoms in total. The second kappa shape index (κ2) is 7.06. The van der Waals surface area contributed by atoms with Gasteiger partial charge in [0.05, 0.1) is 23.6 Å². The van der Waals surface area contributed by atoms with Crippen molar-refractivity contribution < 1.29 is 4.79 Å². The molecule has 7 heteroatoms. The van der Waals surface area contributed by atoms with Crippen LogP contribution in [-0.4, -0.2) is 15.5 Å². The molecule has 1 fully saturated rings. The molecule has 0 radical (unpaired) electrons. The first-order chi connectivity index (χ1) is 13.9. The van der Waals surface area contributed by atoms with Crippen LogP contribution in [-0.2, 0) is 18.3 Å². The number of nitrogen functional groups attached to an aromatic ring is 1. The van der Waals surface area contributed by atoms with Gasteiger partial charge in [-0.05, 0) is 42.0 Å². The predicted octanol–water partition coefficient (Wildman–Crippen LogP) is 2.84. The van der Waals surface area contributed by atoms with Crippen molar-refractivity contribution in [2.45, 2.75) is 19.8 Å². The van der Waals surface area contributed by atoms with Crippen LogP contribution in [0.3, 0.4) is 0 Å². The molecule has 0 bridgehead atoms. The molecule has 0 saturated heterocycles. The van der Waals surface area contributed by atoms with Crippen molar-refractivity contribution in [3.63, 3.8) is 0 Å². The van der Waals surface area contributed by atoms with Gasteiger partial charge < -0.3 is 15.6 Å². The fourth-order valence-corrected chi connectivity index (χ4v) is 3.69. The first kappa shape index (κ1) is 18.7. The minimum atomic E-state index is -0.264. The van der Waals surface area contributed by atoms with Crippen LogP contribution in [0, 0.1) is 23.2 Å². The average molecular weight is 387 g/mol. The van der Waals surface area contributed by atoms with Crippen molar-refractivity contribution in [1.29, 1.82) is 5.26 Å². The summed E-state index contributed by atoms with van der Waals surface area (Å²) in [6.45, 7) is 2.04. The van der Waals surface area contributed by atoms with Crippen molar-refractivity contribution in [3.05, 3.63) is 52.4 Å². The van der Waals surface area contributed by atoms with E-state index in [2.05, 4.69) is 16.4 Å². The number of nitrogens with zero attached hydrogens (tertiary/aromatic N) is 3. The van der Waals surface area contributed by atoms with Crippen LogP contribution in [0.1, 0.15) is 18.9 Å².